The Kier molecular flexibility index (Phi) is 7.04. The molecule has 1 aliphatic rings. The largest absolute Gasteiger partial charge is 0.455 e. The van der Waals surface area contributed by atoms with E-state index in [0.717, 1.165) is 33.1 Å². The van der Waals surface area contributed by atoms with Crippen molar-refractivity contribution in [2.45, 2.75) is 19.3 Å². The third kappa shape index (κ3) is 4.71. The van der Waals surface area contributed by atoms with Crippen LogP contribution < -0.4 is 0 Å². The summed E-state index contributed by atoms with van der Waals surface area (Å²) in [4.78, 5) is 0. The molecule has 1 heterocycles. The standard InChI is InChI=1S/C57H38O/c1-57(2)50-26-13-23-40(54(50)49-33-32-35-14-3-4-17-41(35)55(49)57)36-28-30-37(31-29-36)52-44-19-5-7-21-46(44)53(47-22-8-6-20-45(47)52)39-16-11-15-38(34-39)42-24-12-25-48-43-18-9-10-27-51(43)58-56(42)48/h3-34H,1-2H3. The van der Waals surface area contributed by atoms with Crippen LogP contribution in [0.2, 0.25) is 0 Å². The predicted octanol–water partition coefficient (Wildman–Crippen LogP) is 16.0. The van der Waals surface area contributed by atoms with Gasteiger partial charge in [0.25, 0.3) is 0 Å². The minimum Gasteiger partial charge on any atom is -0.455 e. The molecule has 0 fully saturated rings. The highest BCUT2D eigenvalue weighted by Gasteiger charge is 2.38. The van der Waals surface area contributed by atoms with Crippen LogP contribution in [0.4, 0.5) is 0 Å². The minimum absolute atomic E-state index is 0.0959. The maximum Gasteiger partial charge on any atom is 0.143 e. The van der Waals surface area contributed by atoms with Crippen LogP contribution in [0.25, 0.3) is 110 Å². The molecule has 1 nitrogen and oxygen atoms in total. The summed E-state index contributed by atoms with van der Waals surface area (Å²) < 4.78 is 6.49. The van der Waals surface area contributed by atoms with Gasteiger partial charge in [0.05, 0.1) is 0 Å². The highest BCUT2D eigenvalue weighted by Crippen LogP contribution is 2.54. The summed E-state index contributed by atoms with van der Waals surface area (Å²) in [6.45, 7) is 4.77. The number of fused-ring (bicyclic) bond motifs is 10. The Morgan fingerprint density at radius 2 is 0.897 bits per heavy atom. The molecule has 58 heavy (non-hydrogen) atoms. The lowest BCUT2D eigenvalue weighted by atomic mass is 9.80. The lowest BCUT2D eigenvalue weighted by Gasteiger charge is -2.23. The molecule has 12 rings (SSSR count). The number of hydrogen-bond acceptors (Lipinski definition) is 1. The fourth-order valence-corrected chi connectivity index (χ4v) is 10.3. The van der Waals surface area contributed by atoms with Crippen LogP contribution >= 0.6 is 0 Å². The fraction of sp³-hybridized carbons (Fsp3) is 0.0526. The van der Waals surface area contributed by atoms with Gasteiger partial charge in [0.1, 0.15) is 11.2 Å². The van der Waals surface area contributed by atoms with Crippen molar-refractivity contribution in [3.63, 3.8) is 0 Å². The van der Waals surface area contributed by atoms with Gasteiger partial charge in [-0.15, -0.1) is 0 Å². The van der Waals surface area contributed by atoms with Gasteiger partial charge in [0, 0.05) is 21.8 Å². The van der Waals surface area contributed by atoms with Crippen molar-refractivity contribution in [3.8, 4) is 55.6 Å². The van der Waals surface area contributed by atoms with Gasteiger partial charge < -0.3 is 4.42 Å². The van der Waals surface area contributed by atoms with Crippen LogP contribution in [0, 0.1) is 0 Å². The molecule has 0 radical (unpaired) electrons. The van der Waals surface area contributed by atoms with E-state index in [-0.39, 0.29) is 5.41 Å². The first-order chi connectivity index (χ1) is 28.5. The number of furan rings is 1. The molecular formula is C57H38O. The van der Waals surface area contributed by atoms with Crippen molar-refractivity contribution in [2.75, 3.05) is 0 Å². The van der Waals surface area contributed by atoms with Crippen molar-refractivity contribution in [3.05, 3.63) is 205 Å². The molecule has 0 saturated heterocycles. The normalized spacial score (nSPS) is 13.1. The highest BCUT2D eigenvalue weighted by atomic mass is 16.3. The second kappa shape index (κ2) is 12.4. The molecule has 0 atom stereocenters. The highest BCUT2D eigenvalue weighted by molar-refractivity contribution is 6.21. The van der Waals surface area contributed by atoms with Gasteiger partial charge in [-0.2, -0.15) is 0 Å². The Hall–Kier alpha value is -7.22. The van der Waals surface area contributed by atoms with E-state index in [2.05, 4.69) is 202 Å². The van der Waals surface area contributed by atoms with Crippen molar-refractivity contribution < 1.29 is 4.42 Å². The lowest BCUT2D eigenvalue weighted by Crippen LogP contribution is -2.15. The average Bonchev–Trinajstić information content (AvgIpc) is 3.78. The molecule has 0 spiro atoms. The molecule has 1 aliphatic carbocycles. The number of para-hydroxylation sites is 2. The second-order valence-electron chi connectivity index (χ2n) is 16.3. The molecule has 272 valence electrons. The summed E-state index contributed by atoms with van der Waals surface area (Å²) in [5.74, 6) is 0. The van der Waals surface area contributed by atoms with E-state index in [1.54, 1.807) is 0 Å². The first-order valence-electron chi connectivity index (χ1n) is 20.3. The molecule has 1 heteroatoms. The van der Waals surface area contributed by atoms with E-state index < -0.39 is 0 Å². The van der Waals surface area contributed by atoms with Gasteiger partial charge in [0.15, 0.2) is 0 Å². The van der Waals surface area contributed by atoms with E-state index in [1.807, 2.05) is 6.07 Å². The summed E-state index contributed by atoms with van der Waals surface area (Å²) in [6, 6.07) is 71.3. The number of hydrogen-bond donors (Lipinski definition) is 0. The smallest absolute Gasteiger partial charge is 0.143 e. The van der Waals surface area contributed by atoms with Crippen LogP contribution in [-0.4, -0.2) is 0 Å². The Balaban J connectivity index is 1.01. The maximum atomic E-state index is 6.49. The molecule has 0 aliphatic heterocycles. The minimum atomic E-state index is -0.0959. The first kappa shape index (κ1) is 33.0. The van der Waals surface area contributed by atoms with Crippen LogP contribution in [0.15, 0.2) is 199 Å². The van der Waals surface area contributed by atoms with Gasteiger partial charge in [-0.3, -0.25) is 0 Å². The average molecular weight is 739 g/mol. The predicted molar refractivity (Wildman–Crippen MR) is 246 cm³/mol. The van der Waals surface area contributed by atoms with Crippen LogP contribution in [0.5, 0.6) is 0 Å². The summed E-state index contributed by atoms with van der Waals surface area (Å²) in [6.07, 6.45) is 0. The van der Waals surface area contributed by atoms with Crippen molar-refractivity contribution in [2.24, 2.45) is 0 Å². The molecule has 0 bridgehead atoms. The molecule has 10 aromatic carbocycles. The maximum absolute atomic E-state index is 6.49. The summed E-state index contributed by atoms with van der Waals surface area (Å²) >= 11 is 0. The van der Waals surface area contributed by atoms with Gasteiger partial charge in [-0.1, -0.05) is 196 Å². The molecular weight excluding hydrogens is 701 g/mol. The zero-order valence-electron chi connectivity index (χ0n) is 32.4. The molecule has 0 amide bonds. The van der Waals surface area contributed by atoms with Gasteiger partial charge >= 0.3 is 0 Å². The molecule has 0 saturated carbocycles. The summed E-state index contributed by atoms with van der Waals surface area (Å²) in [5, 5.41) is 9.91. The van der Waals surface area contributed by atoms with Crippen LogP contribution in [-0.2, 0) is 5.41 Å². The van der Waals surface area contributed by atoms with Gasteiger partial charge in [-0.25, -0.2) is 0 Å². The number of rotatable bonds is 4. The second-order valence-corrected chi connectivity index (χ2v) is 16.3. The van der Waals surface area contributed by atoms with Crippen LogP contribution in [0.3, 0.4) is 0 Å². The Morgan fingerprint density at radius 3 is 1.64 bits per heavy atom. The quantitative estimate of drug-likeness (QED) is 0.164. The zero-order valence-corrected chi connectivity index (χ0v) is 32.4. The van der Waals surface area contributed by atoms with Crippen molar-refractivity contribution in [1.82, 2.24) is 0 Å². The van der Waals surface area contributed by atoms with Gasteiger partial charge in [-0.05, 0) is 106 Å². The first-order valence-corrected chi connectivity index (χ1v) is 20.3. The monoisotopic (exact) mass is 738 g/mol. The molecule has 0 unspecified atom stereocenters. The SMILES string of the molecule is CC1(C)c2cccc(-c3ccc(-c4c5ccccc5c(-c5cccc(-c6cccc7c6oc6ccccc67)c5)c5ccccc45)cc3)c2-c2ccc3ccccc3c21. The molecule has 11 aromatic rings. The van der Waals surface area contributed by atoms with Crippen molar-refractivity contribution >= 4 is 54.3 Å². The van der Waals surface area contributed by atoms with E-state index in [1.165, 1.54) is 88.0 Å². The Labute approximate surface area is 337 Å². The summed E-state index contributed by atoms with van der Waals surface area (Å²) in [5.41, 5.74) is 17.0. The Bertz CT molecular complexity index is 3410. The van der Waals surface area contributed by atoms with E-state index >= 15 is 0 Å². The molecule has 1 aromatic heterocycles. The van der Waals surface area contributed by atoms with Crippen LogP contribution in [0.1, 0.15) is 25.0 Å². The molecule has 0 N–H and O–H groups in total. The zero-order chi connectivity index (χ0) is 38.5. The van der Waals surface area contributed by atoms with E-state index in [9.17, 15) is 0 Å². The van der Waals surface area contributed by atoms with Gasteiger partial charge in [0.2, 0.25) is 0 Å². The van der Waals surface area contributed by atoms with Crippen molar-refractivity contribution in [1.29, 1.82) is 0 Å². The topological polar surface area (TPSA) is 13.1 Å². The lowest BCUT2D eigenvalue weighted by molar-refractivity contribution is 0.666. The summed E-state index contributed by atoms with van der Waals surface area (Å²) in [7, 11) is 0. The third-order valence-electron chi connectivity index (χ3n) is 12.8. The Morgan fingerprint density at radius 1 is 0.345 bits per heavy atom. The third-order valence-corrected chi connectivity index (χ3v) is 12.8. The number of benzene rings is 10. The fourth-order valence-electron chi connectivity index (χ4n) is 10.3. The van der Waals surface area contributed by atoms with E-state index in [0.29, 0.717) is 0 Å². The van der Waals surface area contributed by atoms with E-state index in [4.69, 9.17) is 4.42 Å².